The number of para-hydroxylation sites is 1. The van der Waals surface area contributed by atoms with Crippen molar-refractivity contribution in [1.82, 2.24) is 10.2 Å². The van der Waals surface area contributed by atoms with Gasteiger partial charge in [-0.05, 0) is 61.7 Å². The van der Waals surface area contributed by atoms with E-state index in [1.165, 1.54) is 13.5 Å². The first-order valence-corrected chi connectivity index (χ1v) is 14.6. The number of nitrogens with two attached hydrogens (primary N) is 2. The number of fused-ring (bicyclic) bond motifs is 1. The number of esters is 1. The molecule has 10 heteroatoms. The minimum absolute atomic E-state index is 0.0432. The van der Waals surface area contributed by atoms with E-state index in [1.54, 1.807) is 4.90 Å². The summed E-state index contributed by atoms with van der Waals surface area (Å²) in [5.74, 6) is -0.527. The molecule has 2 aliphatic heterocycles. The van der Waals surface area contributed by atoms with Gasteiger partial charge < -0.3 is 31.2 Å². The van der Waals surface area contributed by atoms with E-state index >= 15 is 0 Å². The van der Waals surface area contributed by atoms with Crippen molar-refractivity contribution in [3.8, 4) is 0 Å². The van der Waals surface area contributed by atoms with Crippen molar-refractivity contribution in [2.45, 2.75) is 90.4 Å². The lowest BCUT2D eigenvalue weighted by Crippen LogP contribution is -2.52. The largest absolute Gasteiger partial charge is 0.458 e. The lowest BCUT2D eigenvalue weighted by molar-refractivity contribution is -0.154. The molecule has 1 aromatic carbocycles. The molecule has 2 amide bonds. The van der Waals surface area contributed by atoms with Crippen molar-refractivity contribution < 1.29 is 23.9 Å². The second-order valence-corrected chi connectivity index (χ2v) is 12.5. The molecule has 4 atom stereocenters. The molecule has 2 aliphatic rings. The van der Waals surface area contributed by atoms with Crippen LogP contribution in [0.1, 0.15) is 65.4 Å². The molecule has 224 valence electrons. The second kappa shape index (κ2) is 14.3. The van der Waals surface area contributed by atoms with Gasteiger partial charge in [0.2, 0.25) is 5.91 Å². The first kappa shape index (κ1) is 31.8. The first-order chi connectivity index (χ1) is 18.9. The van der Waals surface area contributed by atoms with Gasteiger partial charge in [0.05, 0.1) is 13.2 Å². The number of ether oxygens (including phenoxy) is 2. The van der Waals surface area contributed by atoms with Gasteiger partial charge in [-0.3, -0.25) is 14.5 Å². The minimum Gasteiger partial charge on any atom is -0.458 e. The van der Waals surface area contributed by atoms with Crippen LogP contribution in [0.3, 0.4) is 0 Å². The van der Waals surface area contributed by atoms with Crippen LogP contribution in [0.25, 0.3) is 0 Å². The van der Waals surface area contributed by atoms with Gasteiger partial charge in [-0.25, -0.2) is 4.79 Å². The number of likely N-dealkylation sites (tertiary alicyclic amines) is 1. The highest BCUT2D eigenvalue weighted by molar-refractivity contribution is 5.95. The third-order valence-electron chi connectivity index (χ3n) is 8.00. The van der Waals surface area contributed by atoms with Gasteiger partial charge in [-0.1, -0.05) is 52.3 Å². The van der Waals surface area contributed by atoms with Crippen LogP contribution in [0.4, 0.5) is 10.5 Å². The summed E-state index contributed by atoms with van der Waals surface area (Å²) < 4.78 is 10.7. The zero-order valence-electron chi connectivity index (χ0n) is 24.9. The summed E-state index contributed by atoms with van der Waals surface area (Å²) in [6.07, 6.45) is 3.75. The topological polar surface area (TPSA) is 140 Å². The fraction of sp³-hybridized carbons (Fsp3) is 0.700. The summed E-state index contributed by atoms with van der Waals surface area (Å²) >= 11 is 0. The molecule has 1 fully saturated rings. The van der Waals surface area contributed by atoms with E-state index in [0.717, 1.165) is 37.2 Å². The highest BCUT2D eigenvalue weighted by Gasteiger charge is 2.36. The fourth-order valence-electron chi connectivity index (χ4n) is 5.66. The number of rotatable bonds is 11. The summed E-state index contributed by atoms with van der Waals surface area (Å²) in [4.78, 5) is 42.5. The molecule has 3 rings (SSSR count). The van der Waals surface area contributed by atoms with Crippen molar-refractivity contribution in [3.05, 3.63) is 29.8 Å². The van der Waals surface area contributed by atoms with E-state index in [0.29, 0.717) is 25.9 Å². The molecule has 5 N–H and O–H groups in total. The number of nitrogens with zero attached hydrogens (tertiary/aromatic N) is 2. The van der Waals surface area contributed by atoms with Gasteiger partial charge in [-0.15, -0.1) is 0 Å². The predicted molar refractivity (Wildman–Crippen MR) is 156 cm³/mol. The Morgan fingerprint density at radius 3 is 2.42 bits per heavy atom. The normalized spacial score (nSPS) is 20.3. The molecule has 0 aromatic heterocycles. The summed E-state index contributed by atoms with van der Waals surface area (Å²) in [5.41, 5.74) is 14.2. The van der Waals surface area contributed by atoms with Crippen LogP contribution < -0.4 is 21.7 Å². The molecule has 10 nitrogen and oxygen atoms in total. The molecule has 0 aliphatic carbocycles. The monoisotopic (exact) mass is 559 g/mol. The predicted octanol–water partition coefficient (Wildman–Crippen LogP) is 2.82. The summed E-state index contributed by atoms with van der Waals surface area (Å²) in [6, 6.07) is 6.33. The Labute approximate surface area is 239 Å². The maximum Gasteiger partial charge on any atom is 0.407 e. The molecule has 2 heterocycles. The minimum atomic E-state index is -0.712. The standard InChI is InChI=1S/C30H49N5O5/c1-20(2)27(32)28(37)40-25(19-34-13-9-6-10-14-34)23(31)16-30(3,4)17-26(36)35-18-22(33-29(38)39-5)15-21-11-7-8-12-24(21)35/h7-8,11-12,20,22-23,25,27H,6,9-10,13-19,31-32H2,1-5H3,(H,33,38)/t22?,23-,25?,27?/m0/s1. The Bertz CT molecular complexity index is 1010. The molecule has 0 bridgehead atoms. The summed E-state index contributed by atoms with van der Waals surface area (Å²) in [5, 5.41) is 2.84. The molecule has 40 heavy (non-hydrogen) atoms. The highest BCUT2D eigenvalue weighted by atomic mass is 16.5. The van der Waals surface area contributed by atoms with E-state index in [4.69, 9.17) is 20.9 Å². The van der Waals surface area contributed by atoms with Crippen molar-refractivity contribution in [2.24, 2.45) is 22.8 Å². The van der Waals surface area contributed by atoms with Crippen LogP contribution in [-0.2, 0) is 25.5 Å². The quantitative estimate of drug-likeness (QED) is 0.352. The fourth-order valence-corrected chi connectivity index (χ4v) is 5.66. The average molecular weight is 560 g/mol. The Morgan fingerprint density at radius 2 is 1.77 bits per heavy atom. The molecule has 0 saturated carbocycles. The summed E-state index contributed by atoms with van der Waals surface area (Å²) in [7, 11) is 1.33. The lowest BCUT2D eigenvalue weighted by atomic mass is 9.80. The van der Waals surface area contributed by atoms with Gasteiger partial charge in [0, 0.05) is 31.2 Å². The van der Waals surface area contributed by atoms with Crippen LogP contribution in [0.5, 0.6) is 0 Å². The molecule has 0 radical (unpaired) electrons. The third-order valence-corrected chi connectivity index (χ3v) is 8.00. The number of piperidine rings is 1. The maximum absolute atomic E-state index is 13.7. The Kier molecular flexibility index (Phi) is 11.4. The van der Waals surface area contributed by atoms with Gasteiger partial charge in [0.15, 0.2) is 0 Å². The van der Waals surface area contributed by atoms with Crippen molar-refractivity contribution in [1.29, 1.82) is 0 Å². The maximum atomic E-state index is 13.7. The summed E-state index contributed by atoms with van der Waals surface area (Å²) in [6.45, 7) is 10.6. The van der Waals surface area contributed by atoms with Crippen LogP contribution >= 0.6 is 0 Å². The average Bonchev–Trinajstić information content (AvgIpc) is 2.91. The van der Waals surface area contributed by atoms with Crippen LogP contribution in [0.15, 0.2) is 24.3 Å². The number of anilines is 1. The van der Waals surface area contributed by atoms with Crippen LogP contribution in [-0.4, -0.2) is 80.4 Å². The number of hydrogen-bond acceptors (Lipinski definition) is 8. The van der Waals surface area contributed by atoms with E-state index in [2.05, 4.69) is 10.2 Å². The zero-order valence-corrected chi connectivity index (χ0v) is 24.9. The molecule has 1 saturated heterocycles. The molecular formula is C30H49N5O5. The number of carbonyl (C=O) groups is 3. The van der Waals surface area contributed by atoms with E-state index in [-0.39, 0.29) is 24.3 Å². The second-order valence-electron chi connectivity index (χ2n) is 12.5. The number of benzene rings is 1. The molecule has 0 spiro atoms. The smallest absolute Gasteiger partial charge is 0.407 e. The number of nitrogens with one attached hydrogen (secondary N) is 1. The van der Waals surface area contributed by atoms with Gasteiger partial charge in [-0.2, -0.15) is 0 Å². The van der Waals surface area contributed by atoms with E-state index < -0.39 is 35.7 Å². The number of methoxy groups -OCH3 is 1. The number of alkyl carbamates (subject to hydrolysis) is 1. The molecular weight excluding hydrogens is 510 g/mol. The van der Waals surface area contributed by atoms with Gasteiger partial charge >= 0.3 is 12.1 Å². The van der Waals surface area contributed by atoms with Crippen molar-refractivity contribution >= 4 is 23.7 Å². The SMILES string of the molecule is COC(=O)NC1Cc2ccccc2N(C(=O)CC(C)(C)C[C@H](N)C(CN2CCCCC2)OC(=O)C(N)C(C)C)C1. The Hall–Kier alpha value is -2.69. The number of hydrogen-bond donors (Lipinski definition) is 3. The Balaban J connectivity index is 1.71. The van der Waals surface area contributed by atoms with Crippen molar-refractivity contribution in [3.63, 3.8) is 0 Å². The first-order valence-electron chi connectivity index (χ1n) is 14.6. The third kappa shape index (κ3) is 8.91. The lowest BCUT2D eigenvalue weighted by Gasteiger charge is -2.38. The Morgan fingerprint density at radius 1 is 1.10 bits per heavy atom. The van der Waals surface area contributed by atoms with E-state index in [9.17, 15) is 14.4 Å². The number of carbonyl (C=O) groups excluding carboxylic acids is 3. The highest BCUT2D eigenvalue weighted by Crippen LogP contribution is 2.33. The van der Waals surface area contributed by atoms with Crippen molar-refractivity contribution in [2.75, 3.05) is 38.2 Å². The number of amides is 2. The van der Waals surface area contributed by atoms with Gasteiger partial charge in [0.1, 0.15) is 12.1 Å². The van der Waals surface area contributed by atoms with Crippen LogP contribution in [0.2, 0.25) is 0 Å². The van der Waals surface area contributed by atoms with Gasteiger partial charge in [0.25, 0.3) is 0 Å². The van der Waals surface area contributed by atoms with E-state index in [1.807, 2.05) is 52.0 Å². The zero-order chi connectivity index (χ0) is 29.4. The molecule has 1 aromatic rings. The molecule has 3 unspecified atom stereocenters. The van der Waals surface area contributed by atoms with Crippen LogP contribution in [0, 0.1) is 11.3 Å².